The van der Waals surface area contributed by atoms with Crippen LogP contribution < -0.4 is 5.32 Å². The van der Waals surface area contributed by atoms with Crippen molar-refractivity contribution in [3.05, 3.63) is 71.8 Å². The number of nitrogens with one attached hydrogen (secondary N) is 1. The zero-order valence-electron chi connectivity index (χ0n) is 20.9. The van der Waals surface area contributed by atoms with Crippen molar-refractivity contribution in [2.24, 2.45) is 11.8 Å². The highest BCUT2D eigenvalue weighted by Crippen LogP contribution is 2.22. The maximum Gasteiger partial charge on any atom is 0.408 e. The Morgan fingerprint density at radius 1 is 0.943 bits per heavy atom. The average molecular weight is 478 g/mol. The van der Waals surface area contributed by atoms with Crippen LogP contribution in [0.4, 0.5) is 4.79 Å². The molecule has 0 spiro atoms. The predicted molar refractivity (Wildman–Crippen MR) is 138 cm³/mol. The molecule has 2 amide bonds. The second-order valence-corrected chi connectivity index (χ2v) is 10.2. The SMILES string of the molecule is CC1CCN(CC2CCCN(C(=O)C(Cc3ccccc3)NC(=O)OCc3ccccc3)C2)CC1. The molecular formula is C29H39N3O3. The van der Waals surface area contributed by atoms with E-state index in [9.17, 15) is 9.59 Å². The lowest BCUT2D eigenvalue weighted by molar-refractivity contribution is -0.135. The van der Waals surface area contributed by atoms with Crippen LogP contribution in [0.15, 0.2) is 60.7 Å². The van der Waals surface area contributed by atoms with E-state index in [2.05, 4.69) is 17.1 Å². The van der Waals surface area contributed by atoms with Crippen LogP contribution in [-0.2, 0) is 22.6 Å². The summed E-state index contributed by atoms with van der Waals surface area (Å²) in [6.45, 7) is 7.41. The van der Waals surface area contributed by atoms with Crippen molar-refractivity contribution in [2.45, 2.75) is 51.7 Å². The lowest BCUT2D eigenvalue weighted by Crippen LogP contribution is -2.53. The van der Waals surface area contributed by atoms with E-state index in [0.29, 0.717) is 12.3 Å². The van der Waals surface area contributed by atoms with Gasteiger partial charge in [-0.3, -0.25) is 4.79 Å². The van der Waals surface area contributed by atoms with Crippen LogP contribution in [0.2, 0.25) is 0 Å². The van der Waals surface area contributed by atoms with Gasteiger partial charge in [-0.2, -0.15) is 0 Å². The topological polar surface area (TPSA) is 61.9 Å². The Morgan fingerprint density at radius 2 is 1.60 bits per heavy atom. The van der Waals surface area contributed by atoms with E-state index in [1.165, 1.54) is 12.8 Å². The van der Waals surface area contributed by atoms with E-state index in [0.717, 1.165) is 62.6 Å². The third-order valence-corrected chi connectivity index (χ3v) is 7.31. The molecule has 2 fully saturated rings. The fourth-order valence-electron chi connectivity index (χ4n) is 5.20. The molecule has 188 valence electrons. The van der Waals surface area contributed by atoms with Gasteiger partial charge < -0.3 is 19.9 Å². The Kier molecular flexibility index (Phi) is 9.18. The second-order valence-electron chi connectivity index (χ2n) is 10.2. The summed E-state index contributed by atoms with van der Waals surface area (Å²) in [7, 11) is 0. The van der Waals surface area contributed by atoms with Gasteiger partial charge in [0.15, 0.2) is 0 Å². The molecule has 2 aliphatic rings. The van der Waals surface area contributed by atoms with E-state index < -0.39 is 12.1 Å². The lowest BCUT2D eigenvalue weighted by atomic mass is 9.93. The van der Waals surface area contributed by atoms with Gasteiger partial charge in [0.2, 0.25) is 5.91 Å². The summed E-state index contributed by atoms with van der Waals surface area (Å²) in [6, 6.07) is 18.8. The monoisotopic (exact) mass is 477 g/mol. The summed E-state index contributed by atoms with van der Waals surface area (Å²) in [5.74, 6) is 1.30. The molecule has 2 unspecified atom stereocenters. The summed E-state index contributed by atoms with van der Waals surface area (Å²) in [5, 5.41) is 2.87. The van der Waals surface area contributed by atoms with Crippen molar-refractivity contribution in [3.63, 3.8) is 0 Å². The van der Waals surface area contributed by atoms with Crippen LogP contribution in [-0.4, -0.2) is 60.6 Å². The molecule has 0 bridgehead atoms. The van der Waals surface area contributed by atoms with Crippen molar-refractivity contribution in [1.82, 2.24) is 15.1 Å². The van der Waals surface area contributed by atoms with Crippen LogP contribution in [0, 0.1) is 11.8 Å². The normalized spacial score (nSPS) is 20.3. The van der Waals surface area contributed by atoms with Gasteiger partial charge in [0.1, 0.15) is 12.6 Å². The fraction of sp³-hybridized carbons (Fsp3) is 0.517. The van der Waals surface area contributed by atoms with Gasteiger partial charge in [-0.15, -0.1) is 0 Å². The number of carbonyl (C=O) groups is 2. The molecule has 2 aromatic rings. The van der Waals surface area contributed by atoms with Crippen molar-refractivity contribution in [2.75, 3.05) is 32.7 Å². The van der Waals surface area contributed by atoms with Crippen molar-refractivity contribution in [3.8, 4) is 0 Å². The predicted octanol–water partition coefficient (Wildman–Crippen LogP) is 4.49. The van der Waals surface area contributed by atoms with E-state index >= 15 is 0 Å². The minimum absolute atomic E-state index is 0.0116. The molecule has 0 saturated carbocycles. The first-order valence-electron chi connectivity index (χ1n) is 13.1. The number of carbonyl (C=O) groups excluding carboxylic acids is 2. The smallest absolute Gasteiger partial charge is 0.408 e. The molecule has 2 aromatic carbocycles. The van der Waals surface area contributed by atoms with Gasteiger partial charge in [0.05, 0.1) is 0 Å². The first-order valence-corrected chi connectivity index (χ1v) is 13.1. The van der Waals surface area contributed by atoms with Crippen molar-refractivity contribution >= 4 is 12.0 Å². The summed E-state index contributed by atoms with van der Waals surface area (Å²) >= 11 is 0. The third kappa shape index (κ3) is 7.82. The Hall–Kier alpha value is -2.86. The molecule has 2 heterocycles. The Morgan fingerprint density at radius 3 is 2.29 bits per heavy atom. The van der Waals surface area contributed by atoms with E-state index in [4.69, 9.17) is 4.74 Å². The fourth-order valence-corrected chi connectivity index (χ4v) is 5.20. The largest absolute Gasteiger partial charge is 0.445 e. The number of piperidine rings is 2. The first-order chi connectivity index (χ1) is 17.1. The van der Waals surface area contributed by atoms with Gasteiger partial charge in [-0.25, -0.2) is 4.79 Å². The number of ether oxygens (including phenoxy) is 1. The number of rotatable bonds is 8. The zero-order chi connectivity index (χ0) is 24.5. The highest BCUT2D eigenvalue weighted by Gasteiger charge is 2.31. The minimum atomic E-state index is -0.643. The van der Waals surface area contributed by atoms with Crippen LogP contribution in [0.3, 0.4) is 0 Å². The highest BCUT2D eigenvalue weighted by molar-refractivity contribution is 5.86. The van der Waals surface area contributed by atoms with Crippen LogP contribution in [0.1, 0.15) is 43.7 Å². The van der Waals surface area contributed by atoms with E-state index in [-0.39, 0.29) is 12.5 Å². The van der Waals surface area contributed by atoms with E-state index in [1.54, 1.807) is 0 Å². The number of benzene rings is 2. The standard InChI is InChI=1S/C29H39N3O3/c1-23-14-17-31(18-15-23)20-26-13-8-16-32(21-26)28(33)27(19-24-9-4-2-5-10-24)30-29(34)35-22-25-11-6-3-7-12-25/h2-7,9-12,23,26-27H,8,13-22H2,1H3,(H,30,34). The molecule has 0 aliphatic carbocycles. The number of hydrogen-bond acceptors (Lipinski definition) is 4. The molecule has 0 radical (unpaired) electrons. The molecule has 1 N–H and O–H groups in total. The molecule has 2 saturated heterocycles. The number of amides is 2. The average Bonchev–Trinajstić information content (AvgIpc) is 2.89. The molecule has 0 aromatic heterocycles. The molecule has 4 rings (SSSR count). The van der Waals surface area contributed by atoms with Gasteiger partial charge in [0.25, 0.3) is 0 Å². The maximum absolute atomic E-state index is 13.6. The number of alkyl carbamates (subject to hydrolysis) is 1. The minimum Gasteiger partial charge on any atom is -0.445 e. The maximum atomic E-state index is 13.6. The van der Waals surface area contributed by atoms with Gasteiger partial charge in [-0.05, 0) is 61.7 Å². The first kappa shape index (κ1) is 25.2. The Bertz CT molecular complexity index is 929. The third-order valence-electron chi connectivity index (χ3n) is 7.31. The number of likely N-dealkylation sites (tertiary alicyclic amines) is 2. The highest BCUT2D eigenvalue weighted by atomic mass is 16.5. The molecule has 35 heavy (non-hydrogen) atoms. The number of hydrogen-bond donors (Lipinski definition) is 1. The van der Waals surface area contributed by atoms with Crippen LogP contribution in [0.25, 0.3) is 0 Å². The zero-order valence-corrected chi connectivity index (χ0v) is 20.9. The van der Waals surface area contributed by atoms with Gasteiger partial charge in [0, 0.05) is 26.1 Å². The summed E-state index contributed by atoms with van der Waals surface area (Å²) < 4.78 is 5.44. The summed E-state index contributed by atoms with van der Waals surface area (Å²) in [6.07, 6.45) is 4.60. The Labute approximate surface area is 209 Å². The van der Waals surface area contributed by atoms with Crippen LogP contribution in [0.5, 0.6) is 0 Å². The summed E-state index contributed by atoms with van der Waals surface area (Å²) in [4.78, 5) is 30.8. The lowest BCUT2D eigenvalue weighted by Gasteiger charge is -2.39. The molecule has 2 aliphatic heterocycles. The molecule has 6 heteroatoms. The molecule has 6 nitrogen and oxygen atoms in total. The molecular weight excluding hydrogens is 438 g/mol. The van der Waals surface area contributed by atoms with Crippen molar-refractivity contribution < 1.29 is 14.3 Å². The summed E-state index contributed by atoms with van der Waals surface area (Å²) in [5.41, 5.74) is 1.93. The van der Waals surface area contributed by atoms with Gasteiger partial charge >= 0.3 is 6.09 Å². The van der Waals surface area contributed by atoms with Crippen molar-refractivity contribution in [1.29, 1.82) is 0 Å². The van der Waals surface area contributed by atoms with Crippen LogP contribution >= 0.6 is 0 Å². The molecule has 2 atom stereocenters. The number of nitrogens with zero attached hydrogens (tertiary/aromatic N) is 2. The van der Waals surface area contributed by atoms with Gasteiger partial charge in [-0.1, -0.05) is 67.6 Å². The second kappa shape index (κ2) is 12.7. The Balaban J connectivity index is 1.36. The van der Waals surface area contributed by atoms with E-state index in [1.807, 2.05) is 65.6 Å². The quantitative estimate of drug-likeness (QED) is 0.608.